The van der Waals surface area contributed by atoms with Crippen molar-refractivity contribution < 1.29 is 13.2 Å². The number of nitrogens with zero attached hydrogens (tertiary/aromatic N) is 6. The van der Waals surface area contributed by atoms with Crippen LogP contribution in [0.2, 0.25) is 0 Å². The summed E-state index contributed by atoms with van der Waals surface area (Å²) in [4.78, 5) is 6.86. The van der Waals surface area contributed by atoms with E-state index in [0.29, 0.717) is 23.6 Å². The molecule has 7 nitrogen and oxygen atoms in total. The van der Waals surface area contributed by atoms with E-state index in [-0.39, 0.29) is 0 Å². The Morgan fingerprint density at radius 2 is 1.93 bits per heavy atom. The van der Waals surface area contributed by atoms with Gasteiger partial charge >= 0.3 is 6.18 Å². The first-order chi connectivity index (χ1) is 13.4. The van der Waals surface area contributed by atoms with Gasteiger partial charge in [-0.15, -0.1) is 0 Å². The molecule has 10 heteroatoms. The highest BCUT2D eigenvalue weighted by Crippen LogP contribution is 2.30. The van der Waals surface area contributed by atoms with Crippen molar-refractivity contribution >= 4 is 11.5 Å². The molecule has 4 rings (SSSR count). The van der Waals surface area contributed by atoms with Crippen LogP contribution in [0.25, 0.3) is 0 Å². The van der Waals surface area contributed by atoms with Crippen molar-refractivity contribution in [2.45, 2.75) is 38.4 Å². The molecule has 1 N–H and O–H groups in total. The smallest absolute Gasteiger partial charge is 0.351 e. The summed E-state index contributed by atoms with van der Waals surface area (Å²) in [5.41, 5.74) is 0.618. The van der Waals surface area contributed by atoms with E-state index in [4.69, 9.17) is 0 Å². The largest absolute Gasteiger partial charge is 0.435 e. The van der Waals surface area contributed by atoms with Gasteiger partial charge < -0.3 is 10.2 Å². The normalized spacial score (nSPS) is 17.9. The fourth-order valence-corrected chi connectivity index (χ4v) is 3.87. The average Bonchev–Trinajstić information content (AvgIpc) is 3.26. The highest BCUT2D eigenvalue weighted by molar-refractivity contribution is 6.15. The maximum Gasteiger partial charge on any atom is 0.435 e. The molecule has 0 aromatic carbocycles. The highest BCUT2D eigenvalue weighted by Gasteiger charge is 2.36. The number of aromatic nitrogens is 4. The molecule has 152 valence electrons. The van der Waals surface area contributed by atoms with Gasteiger partial charge in [-0.2, -0.15) is 23.4 Å². The minimum atomic E-state index is -4.48. The Kier molecular flexibility index (Phi) is 5.13. The number of halogens is 3. The molecular formula is C18H24F3N7. The molecule has 0 saturated carbocycles. The van der Waals surface area contributed by atoms with Gasteiger partial charge in [-0.3, -0.25) is 9.67 Å². The standard InChI is InChI=1S/C18H24F3N7/c1-26-14(10-15(25-26)18(19,20)21)16-13-11-24-28(17(13)23-12-22-16)9-5-8-27-6-3-2-4-7-27/h10-11,23H,2-9,12H2,1H3. The summed E-state index contributed by atoms with van der Waals surface area (Å²) in [7, 11) is 1.50. The molecule has 0 spiro atoms. The number of aryl methyl sites for hydroxylation is 2. The number of anilines is 1. The lowest BCUT2D eigenvalue weighted by atomic mass is 10.1. The summed E-state index contributed by atoms with van der Waals surface area (Å²) in [6.45, 7) is 4.41. The molecule has 0 aliphatic carbocycles. The van der Waals surface area contributed by atoms with Crippen LogP contribution in [0.3, 0.4) is 0 Å². The lowest BCUT2D eigenvalue weighted by Gasteiger charge is -2.26. The number of hydrogen-bond donors (Lipinski definition) is 1. The number of piperidine rings is 1. The number of likely N-dealkylation sites (tertiary alicyclic amines) is 1. The van der Waals surface area contributed by atoms with Gasteiger partial charge in [0.25, 0.3) is 0 Å². The van der Waals surface area contributed by atoms with Gasteiger partial charge in [0.1, 0.15) is 12.5 Å². The summed E-state index contributed by atoms with van der Waals surface area (Å²) >= 11 is 0. The lowest BCUT2D eigenvalue weighted by molar-refractivity contribution is -0.141. The Morgan fingerprint density at radius 1 is 1.14 bits per heavy atom. The van der Waals surface area contributed by atoms with Crippen LogP contribution in [-0.2, 0) is 19.8 Å². The molecule has 2 aromatic rings. The monoisotopic (exact) mass is 395 g/mol. The lowest BCUT2D eigenvalue weighted by Crippen LogP contribution is -2.31. The van der Waals surface area contributed by atoms with Crippen LogP contribution in [0.5, 0.6) is 0 Å². The number of hydrogen-bond acceptors (Lipinski definition) is 5. The quantitative estimate of drug-likeness (QED) is 0.846. The minimum Gasteiger partial charge on any atom is -0.351 e. The van der Waals surface area contributed by atoms with Crippen molar-refractivity contribution in [1.29, 1.82) is 0 Å². The number of nitrogens with one attached hydrogen (secondary N) is 1. The molecule has 1 saturated heterocycles. The van der Waals surface area contributed by atoms with Crippen LogP contribution in [-0.4, -0.2) is 56.5 Å². The van der Waals surface area contributed by atoms with Crippen LogP contribution in [0.4, 0.5) is 19.0 Å². The van der Waals surface area contributed by atoms with Gasteiger partial charge in [-0.25, -0.2) is 4.68 Å². The third-order valence-corrected chi connectivity index (χ3v) is 5.28. The third kappa shape index (κ3) is 3.78. The van der Waals surface area contributed by atoms with Crippen molar-refractivity contribution in [2.75, 3.05) is 31.6 Å². The summed E-state index contributed by atoms with van der Waals surface area (Å²) in [5, 5.41) is 11.2. The van der Waals surface area contributed by atoms with Gasteiger partial charge in [-0.05, 0) is 45.0 Å². The zero-order valence-electron chi connectivity index (χ0n) is 15.8. The number of alkyl halides is 3. The van der Waals surface area contributed by atoms with E-state index in [2.05, 4.69) is 25.4 Å². The maximum atomic E-state index is 13.0. The number of fused-ring (bicyclic) bond motifs is 1. The van der Waals surface area contributed by atoms with Crippen LogP contribution in [0, 0.1) is 0 Å². The molecule has 0 atom stereocenters. The predicted molar refractivity (Wildman–Crippen MR) is 99.5 cm³/mol. The third-order valence-electron chi connectivity index (χ3n) is 5.28. The van der Waals surface area contributed by atoms with Crippen LogP contribution in [0.1, 0.15) is 42.6 Å². The molecule has 1 fully saturated rings. The SMILES string of the molecule is Cn1nc(C(F)(F)F)cc1C1=NCNc2c1cnn2CCCN1CCCCC1. The Bertz CT molecular complexity index is 859. The second kappa shape index (κ2) is 7.57. The molecular weight excluding hydrogens is 371 g/mol. The van der Waals surface area contributed by atoms with Crippen molar-refractivity contribution in [3.8, 4) is 0 Å². The van der Waals surface area contributed by atoms with Crippen molar-refractivity contribution in [3.63, 3.8) is 0 Å². The van der Waals surface area contributed by atoms with E-state index in [1.807, 2.05) is 4.68 Å². The molecule has 2 aliphatic rings. The van der Waals surface area contributed by atoms with E-state index in [1.54, 1.807) is 6.20 Å². The number of rotatable bonds is 5. The average molecular weight is 395 g/mol. The first kappa shape index (κ1) is 19.0. The van der Waals surface area contributed by atoms with Gasteiger partial charge in [0.05, 0.1) is 23.2 Å². The molecule has 4 heterocycles. The zero-order chi connectivity index (χ0) is 19.7. The van der Waals surface area contributed by atoms with Gasteiger partial charge in [-0.1, -0.05) is 6.42 Å². The van der Waals surface area contributed by atoms with Crippen molar-refractivity contribution in [1.82, 2.24) is 24.5 Å². The molecule has 2 aromatic heterocycles. The Balaban J connectivity index is 1.49. The topological polar surface area (TPSA) is 63.3 Å². The van der Waals surface area contributed by atoms with Crippen molar-refractivity contribution in [2.24, 2.45) is 12.0 Å². The summed E-state index contributed by atoms with van der Waals surface area (Å²) < 4.78 is 42.1. The van der Waals surface area contributed by atoms with E-state index >= 15 is 0 Å². The fraction of sp³-hybridized carbons (Fsp3) is 0.611. The van der Waals surface area contributed by atoms with Gasteiger partial charge in [0.2, 0.25) is 0 Å². The summed E-state index contributed by atoms with van der Waals surface area (Å²) in [6.07, 6.45) is 2.02. The van der Waals surface area contributed by atoms with E-state index in [0.717, 1.165) is 44.5 Å². The van der Waals surface area contributed by atoms with E-state index in [1.165, 1.54) is 31.0 Å². The number of aliphatic imine (C=N–C) groups is 1. The second-order valence-electron chi connectivity index (χ2n) is 7.26. The molecule has 2 aliphatic heterocycles. The first-order valence-corrected chi connectivity index (χ1v) is 9.62. The van der Waals surface area contributed by atoms with Gasteiger partial charge in [0.15, 0.2) is 5.69 Å². The molecule has 28 heavy (non-hydrogen) atoms. The second-order valence-corrected chi connectivity index (χ2v) is 7.26. The Morgan fingerprint density at radius 3 is 2.64 bits per heavy atom. The highest BCUT2D eigenvalue weighted by atomic mass is 19.4. The van der Waals surface area contributed by atoms with Crippen molar-refractivity contribution in [3.05, 3.63) is 29.2 Å². The summed E-state index contributed by atoms with van der Waals surface area (Å²) in [5.74, 6) is 0.804. The maximum absolute atomic E-state index is 13.0. The Labute approximate surface area is 161 Å². The van der Waals surface area contributed by atoms with Crippen LogP contribution >= 0.6 is 0 Å². The zero-order valence-corrected chi connectivity index (χ0v) is 15.8. The fourth-order valence-electron chi connectivity index (χ4n) is 3.87. The summed E-state index contributed by atoms with van der Waals surface area (Å²) in [6, 6.07) is 1.04. The Hall–Kier alpha value is -2.36. The molecule has 0 bridgehead atoms. The minimum absolute atomic E-state index is 0.298. The van der Waals surface area contributed by atoms with Gasteiger partial charge in [0, 0.05) is 13.6 Å². The van der Waals surface area contributed by atoms with E-state index < -0.39 is 11.9 Å². The van der Waals surface area contributed by atoms with E-state index in [9.17, 15) is 13.2 Å². The van der Waals surface area contributed by atoms with Crippen LogP contribution in [0.15, 0.2) is 17.3 Å². The first-order valence-electron chi connectivity index (χ1n) is 9.62. The van der Waals surface area contributed by atoms with Crippen LogP contribution < -0.4 is 5.32 Å². The molecule has 0 unspecified atom stereocenters. The molecule has 0 radical (unpaired) electrons. The predicted octanol–water partition coefficient (Wildman–Crippen LogP) is 2.73. The molecule has 0 amide bonds.